The van der Waals surface area contributed by atoms with Gasteiger partial charge in [-0.15, -0.1) is 0 Å². The Balaban J connectivity index is 1.49. The number of fused-ring (bicyclic) bond motifs is 1. The number of hydrogen-bond acceptors (Lipinski definition) is 4. The van der Waals surface area contributed by atoms with Gasteiger partial charge in [0, 0.05) is 24.9 Å². The molecule has 2 N–H and O–H groups in total. The minimum absolute atomic E-state index is 0.0762. The molecular formula is C19H25N5O. The monoisotopic (exact) mass is 339 g/mol. The fourth-order valence-corrected chi connectivity index (χ4v) is 3.36. The molecule has 2 heterocycles. The van der Waals surface area contributed by atoms with E-state index in [0.29, 0.717) is 6.04 Å². The van der Waals surface area contributed by atoms with Crippen molar-refractivity contribution in [3.8, 4) is 0 Å². The van der Waals surface area contributed by atoms with Gasteiger partial charge in [-0.25, -0.2) is 9.67 Å². The molecule has 1 aromatic heterocycles. The van der Waals surface area contributed by atoms with Crippen molar-refractivity contribution in [3.63, 3.8) is 0 Å². The molecule has 1 aliphatic carbocycles. The van der Waals surface area contributed by atoms with Gasteiger partial charge < -0.3 is 5.32 Å². The third kappa shape index (κ3) is 3.74. The Labute approximate surface area is 148 Å². The number of nitrogens with zero attached hydrogens (tertiary/aromatic N) is 3. The second-order valence-electron chi connectivity index (χ2n) is 7.01. The molecule has 0 saturated heterocycles. The number of aromatic nitrogens is 3. The largest absolute Gasteiger partial charge is 0.352 e. The molecule has 132 valence electrons. The zero-order valence-corrected chi connectivity index (χ0v) is 14.6. The maximum absolute atomic E-state index is 12.8. The summed E-state index contributed by atoms with van der Waals surface area (Å²) in [5.41, 5.74) is 1.01. The van der Waals surface area contributed by atoms with Crippen LogP contribution in [0.2, 0.25) is 0 Å². The van der Waals surface area contributed by atoms with E-state index < -0.39 is 0 Å². The van der Waals surface area contributed by atoms with E-state index in [4.69, 9.17) is 0 Å². The van der Waals surface area contributed by atoms with E-state index in [1.807, 2.05) is 35.0 Å². The third-order valence-corrected chi connectivity index (χ3v) is 4.94. The van der Waals surface area contributed by atoms with Gasteiger partial charge in [0.2, 0.25) is 5.91 Å². The van der Waals surface area contributed by atoms with Crippen molar-refractivity contribution in [3.05, 3.63) is 47.5 Å². The predicted molar refractivity (Wildman–Crippen MR) is 95.0 cm³/mol. The maximum atomic E-state index is 12.8. The Hall–Kier alpha value is -2.21. The molecule has 0 spiro atoms. The summed E-state index contributed by atoms with van der Waals surface area (Å²) in [6.07, 6.45) is 4.92. The summed E-state index contributed by atoms with van der Waals surface area (Å²) in [5.74, 6) is 2.04. The number of carbonyl (C=O) groups excluding carboxylic acids is 1. The summed E-state index contributed by atoms with van der Waals surface area (Å²) in [6, 6.07) is 10.2. The molecule has 25 heavy (non-hydrogen) atoms. The van der Waals surface area contributed by atoms with Gasteiger partial charge >= 0.3 is 0 Å². The van der Waals surface area contributed by atoms with Crippen LogP contribution in [0, 0.1) is 0 Å². The van der Waals surface area contributed by atoms with Crippen LogP contribution in [0.15, 0.2) is 30.3 Å². The Bertz CT molecular complexity index is 738. The molecule has 2 aromatic rings. The molecule has 2 aliphatic rings. The van der Waals surface area contributed by atoms with Crippen LogP contribution in [0.25, 0.3) is 0 Å². The predicted octanol–water partition coefficient (Wildman–Crippen LogP) is 1.76. The third-order valence-electron chi connectivity index (χ3n) is 4.94. The lowest BCUT2D eigenvalue weighted by atomic mass is 10.0. The molecule has 2 atom stereocenters. The first-order valence-corrected chi connectivity index (χ1v) is 9.27. The van der Waals surface area contributed by atoms with Crippen LogP contribution in [0.5, 0.6) is 0 Å². The van der Waals surface area contributed by atoms with Crippen LogP contribution in [-0.2, 0) is 24.2 Å². The summed E-state index contributed by atoms with van der Waals surface area (Å²) in [5, 5.41) is 11.3. The summed E-state index contributed by atoms with van der Waals surface area (Å²) < 4.78 is 2.00. The van der Waals surface area contributed by atoms with E-state index in [9.17, 15) is 4.79 Å². The summed E-state index contributed by atoms with van der Waals surface area (Å²) >= 11 is 0. The summed E-state index contributed by atoms with van der Waals surface area (Å²) in [7, 11) is 0. The van der Waals surface area contributed by atoms with E-state index in [-0.39, 0.29) is 18.0 Å². The molecule has 1 saturated carbocycles. The zero-order chi connectivity index (χ0) is 17.2. The topological polar surface area (TPSA) is 71.8 Å². The molecule has 6 nitrogen and oxygen atoms in total. The molecule has 1 amide bonds. The van der Waals surface area contributed by atoms with Crippen molar-refractivity contribution in [2.24, 2.45) is 0 Å². The van der Waals surface area contributed by atoms with E-state index in [2.05, 4.69) is 27.6 Å². The lowest BCUT2D eigenvalue weighted by Gasteiger charge is -2.28. The minimum atomic E-state index is -0.317. The lowest BCUT2D eigenvalue weighted by Crippen LogP contribution is -2.46. The summed E-state index contributed by atoms with van der Waals surface area (Å²) in [4.78, 5) is 17.3. The zero-order valence-electron chi connectivity index (χ0n) is 14.6. The number of nitrogens with one attached hydrogen (secondary N) is 2. The number of carbonyl (C=O) groups is 1. The van der Waals surface area contributed by atoms with Crippen LogP contribution in [0.1, 0.15) is 49.4 Å². The van der Waals surface area contributed by atoms with Gasteiger partial charge in [0.05, 0.1) is 6.54 Å². The molecule has 1 aromatic carbocycles. The molecule has 0 radical (unpaired) electrons. The average Bonchev–Trinajstić information content (AvgIpc) is 3.35. The van der Waals surface area contributed by atoms with Crippen molar-refractivity contribution in [2.45, 2.75) is 63.7 Å². The Morgan fingerprint density at radius 3 is 2.76 bits per heavy atom. The Kier molecular flexibility index (Phi) is 4.53. The van der Waals surface area contributed by atoms with Gasteiger partial charge in [-0.05, 0) is 24.8 Å². The quantitative estimate of drug-likeness (QED) is 0.841. The molecule has 4 rings (SSSR count). The molecular weight excluding hydrogens is 314 g/mol. The number of amides is 1. The lowest BCUT2D eigenvalue weighted by molar-refractivity contribution is -0.123. The highest BCUT2D eigenvalue weighted by molar-refractivity contribution is 5.83. The minimum Gasteiger partial charge on any atom is -0.352 e. The van der Waals surface area contributed by atoms with Crippen molar-refractivity contribution < 1.29 is 4.79 Å². The number of hydrogen-bond donors (Lipinski definition) is 2. The molecule has 2 unspecified atom stereocenters. The normalized spacial score (nSPS) is 20.8. The van der Waals surface area contributed by atoms with Gasteiger partial charge in [0.15, 0.2) is 5.82 Å². The first kappa shape index (κ1) is 16.3. The fraction of sp³-hybridized carbons (Fsp3) is 0.526. The molecule has 0 bridgehead atoms. The molecule has 1 aliphatic heterocycles. The van der Waals surface area contributed by atoms with Gasteiger partial charge in [0.1, 0.15) is 11.9 Å². The van der Waals surface area contributed by atoms with Gasteiger partial charge in [0.25, 0.3) is 0 Å². The smallest absolute Gasteiger partial charge is 0.241 e. The maximum Gasteiger partial charge on any atom is 0.241 e. The SMILES string of the molecule is CCc1nc2n(n1)CC(NC(C(=O)NC1CC1)c1ccccc1)CC2. The van der Waals surface area contributed by atoms with Crippen LogP contribution in [0.4, 0.5) is 0 Å². The first-order chi connectivity index (χ1) is 12.2. The Morgan fingerprint density at radius 2 is 2.04 bits per heavy atom. The fourth-order valence-electron chi connectivity index (χ4n) is 3.36. The van der Waals surface area contributed by atoms with Crippen molar-refractivity contribution in [1.82, 2.24) is 25.4 Å². The number of aryl methyl sites for hydroxylation is 2. The average molecular weight is 339 g/mol. The van der Waals surface area contributed by atoms with Crippen LogP contribution >= 0.6 is 0 Å². The highest BCUT2D eigenvalue weighted by Gasteiger charge is 2.31. The number of rotatable bonds is 6. The van der Waals surface area contributed by atoms with Crippen LogP contribution in [0.3, 0.4) is 0 Å². The molecule has 1 fully saturated rings. The van der Waals surface area contributed by atoms with E-state index in [1.54, 1.807) is 0 Å². The summed E-state index contributed by atoms with van der Waals surface area (Å²) in [6.45, 7) is 2.84. The van der Waals surface area contributed by atoms with Crippen LogP contribution < -0.4 is 10.6 Å². The second-order valence-corrected chi connectivity index (χ2v) is 7.01. The standard InChI is InChI=1S/C19H25N5O/c1-2-16-22-17-11-10-15(12-24(17)23-16)20-18(13-6-4-3-5-7-13)19(25)21-14-8-9-14/h3-7,14-15,18,20H,2,8-12H2,1H3,(H,21,25). The first-order valence-electron chi connectivity index (χ1n) is 9.27. The highest BCUT2D eigenvalue weighted by atomic mass is 16.2. The van der Waals surface area contributed by atoms with Gasteiger partial charge in [-0.3, -0.25) is 10.1 Å². The highest BCUT2D eigenvalue weighted by Crippen LogP contribution is 2.23. The molecule has 6 heteroatoms. The van der Waals surface area contributed by atoms with Gasteiger partial charge in [-0.2, -0.15) is 5.10 Å². The van der Waals surface area contributed by atoms with Crippen molar-refractivity contribution in [2.75, 3.05) is 0 Å². The Morgan fingerprint density at radius 1 is 1.24 bits per heavy atom. The van der Waals surface area contributed by atoms with Crippen LogP contribution in [-0.4, -0.2) is 32.8 Å². The second kappa shape index (κ2) is 6.96. The van der Waals surface area contributed by atoms with Crippen molar-refractivity contribution >= 4 is 5.91 Å². The van der Waals surface area contributed by atoms with Gasteiger partial charge in [-0.1, -0.05) is 37.3 Å². The number of benzene rings is 1. The van der Waals surface area contributed by atoms with E-state index >= 15 is 0 Å². The van der Waals surface area contributed by atoms with E-state index in [1.165, 1.54) is 0 Å². The van der Waals surface area contributed by atoms with Crippen molar-refractivity contribution in [1.29, 1.82) is 0 Å². The van der Waals surface area contributed by atoms with E-state index in [0.717, 1.165) is 55.9 Å².